The molecule has 1 amide bonds. The van der Waals surface area contributed by atoms with E-state index in [-0.39, 0.29) is 5.81 Å². The average Bonchev–Trinajstić information content (AvgIpc) is 2.30. The minimum atomic E-state index is -0.352. The molecule has 82 valence electrons. The number of amides is 1. The van der Waals surface area contributed by atoms with Crippen molar-refractivity contribution in [1.29, 1.82) is 0 Å². The molecule has 6 heteroatoms. The zero-order valence-electron chi connectivity index (χ0n) is 8.97. The monoisotopic (exact) mass is 216 g/mol. The third-order valence-corrected chi connectivity index (χ3v) is 2.73. The molecule has 1 aromatic heterocycles. The number of hydrogen-bond donors (Lipinski definition) is 1. The van der Waals surface area contributed by atoms with Gasteiger partial charge in [0.2, 0.25) is 7.85 Å². The maximum absolute atomic E-state index is 10.9. The summed E-state index contributed by atoms with van der Waals surface area (Å²) in [5, 5.41) is 0. The van der Waals surface area contributed by atoms with Crippen molar-refractivity contribution in [2.24, 2.45) is 0 Å². The summed E-state index contributed by atoms with van der Waals surface area (Å²) < 4.78 is 0. The summed E-state index contributed by atoms with van der Waals surface area (Å²) in [6.45, 7) is 2.85. The lowest BCUT2D eigenvalue weighted by molar-refractivity contribution is 0.218. The predicted octanol–water partition coefficient (Wildman–Crippen LogP) is 0.0743. The molecule has 1 saturated heterocycles. The van der Waals surface area contributed by atoms with Crippen molar-refractivity contribution in [3.05, 3.63) is 18.3 Å². The molecule has 0 aliphatic carbocycles. The quantitative estimate of drug-likeness (QED) is 0.675. The van der Waals surface area contributed by atoms with Gasteiger partial charge in [-0.25, -0.2) is 4.98 Å². The smallest absolute Gasteiger partial charge is 0.200 e. The normalized spacial score (nSPS) is 16.2. The SMILES string of the molecule is [B]C(=O)N1CCN(c2ccc(N)nc2)CC1. The highest BCUT2D eigenvalue weighted by Gasteiger charge is 2.18. The Morgan fingerprint density at radius 1 is 1.31 bits per heavy atom. The summed E-state index contributed by atoms with van der Waals surface area (Å²) in [5.74, 6) is 0.162. The van der Waals surface area contributed by atoms with Crippen molar-refractivity contribution >= 4 is 25.2 Å². The Labute approximate surface area is 95.6 Å². The standard InChI is InChI=1S/C10H13BN4O/c11-10(16)15-5-3-14(4-6-15)8-1-2-9(12)13-7-8/h1-2,7H,3-6H2,(H2,12,13). The van der Waals surface area contributed by atoms with Gasteiger partial charge in [-0.05, 0) is 12.1 Å². The highest BCUT2D eigenvalue weighted by Crippen LogP contribution is 2.15. The molecule has 0 atom stereocenters. The first-order valence-electron chi connectivity index (χ1n) is 5.17. The number of carbonyl (C=O) groups excluding carboxylic acids is 1. The second kappa shape index (κ2) is 4.43. The fourth-order valence-electron chi connectivity index (χ4n) is 1.77. The number of anilines is 2. The first kappa shape index (κ1) is 10.8. The van der Waals surface area contributed by atoms with E-state index in [1.807, 2.05) is 6.07 Å². The summed E-state index contributed by atoms with van der Waals surface area (Å²) >= 11 is 0. The van der Waals surface area contributed by atoms with Gasteiger partial charge >= 0.3 is 0 Å². The van der Waals surface area contributed by atoms with Crippen LogP contribution in [-0.4, -0.2) is 49.7 Å². The van der Waals surface area contributed by atoms with Crippen LogP contribution in [0.4, 0.5) is 16.3 Å². The van der Waals surface area contributed by atoms with Crippen LogP contribution in [0.3, 0.4) is 0 Å². The average molecular weight is 216 g/mol. The molecule has 1 aliphatic rings. The Balaban J connectivity index is 1.99. The molecule has 1 aromatic rings. The van der Waals surface area contributed by atoms with Crippen LogP contribution in [0.1, 0.15) is 0 Å². The molecule has 1 fully saturated rings. The minimum Gasteiger partial charge on any atom is -0.384 e. The number of pyridine rings is 1. The number of carbonyl (C=O) groups is 1. The van der Waals surface area contributed by atoms with E-state index in [0.717, 1.165) is 18.8 Å². The van der Waals surface area contributed by atoms with Crippen LogP contribution < -0.4 is 10.6 Å². The van der Waals surface area contributed by atoms with Crippen LogP contribution in [0.2, 0.25) is 0 Å². The molecular weight excluding hydrogens is 203 g/mol. The fourth-order valence-corrected chi connectivity index (χ4v) is 1.77. The van der Waals surface area contributed by atoms with Crippen LogP contribution in [0.15, 0.2) is 18.3 Å². The molecule has 2 heterocycles. The Kier molecular flexibility index (Phi) is 2.98. The van der Waals surface area contributed by atoms with Crippen molar-refractivity contribution in [1.82, 2.24) is 9.88 Å². The Bertz CT molecular complexity index is 373. The molecule has 1 aliphatic heterocycles. The van der Waals surface area contributed by atoms with Gasteiger partial charge in [0, 0.05) is 26.2 Å². The van der Waals surface area contributed by atoms with Crippen molar-refractivity contribution in [2.75, 3.05) is 36.8 Å². The topological polar surface area (TPSA) is 62.5 Å². The first-order chi connectivity index (χ1) is 7.66. The molecule has 0 unspecified atom stereocenters. The van der Waals surface area contributed by atoms with E-state index in [9.17, 15) is 4.79 Å². The Morgan fingerprint density at radius 3 is 2.50 bits per heavy atom. The third-order valence-electron chi connectivity index (χ3n) is 2.73. The number of nitrogens with two attached hydrogens (primary N) is 1. The number of nitrogens with zero attached hydrogens (tertiary/aromatic N) is 3. The van der Waals surface area contributed by atoms with E-state index < -0.39 is 0 Å². The van der Waals surface area contributed by atoms with Gasteiger partial charge in [-0.3, -0.25) is 4.79 Å². The molecule has 0 spiro atoms. The summed E-state index contributed by atoms with van der Waals surface area (Å²) in [7, 11) is 5.21. The molecule has 0 aromatic carbocycles. The third kappa shape index (κ3) is 2.26. The lowest BCUT2D eigenvalue weighted by Gasteiger charge is -2.35. The van der Waals surface area contributed by atoms with E-state index in [1.54, 1.807) is 17.2 Å². The number of aromatic nitrogens is 1. The van der Waals surface area contributed by atoms with Gasteiger partial charge in [-0.2, -0.15) is 0 Å². The first-order valence-corrected chi connectivity index (χ1v) is 5.17. The molecule has 16 heavy (non-hydrogen) atoms. The zero-order chi connectivity index (χ0) is 11.5. The van der Waals surface area contributed by atoms with Crippen molar-refractivity contribution in [3.8, 4) is 0 Å². The maximum atomic E-state index is 10.9. The lowest BCUT2D eigenvalue weighted by Crippen LogP contribution is -2.48. The van der Waals surface area contributed by atoms with Crippen molar-refractivity contribution in [2.45, 2.75) is 0 Å². The van der Waals surface area contributed by atoms with Crippen LogP contribution in [0, 0.1) is 0 Å². The van der Waals surface area contributed by atoms with Crippen molar-refractivity contribution in [3.63, 3.8) is 0 Å². The highest BCUT2D eigenvalue weighted by atomic mass is 16.1. The second-order valence-corrected chi connectivity index (χ2v) is 3.75. The molecule has 5 nitrogen and oxygen atoms in total. The van der Waals surface area contributed by atoms with Gasteiger partial charge in [0.15, 0.2) is 5.81 Å². The lowest BCUT2D eigenvalue weighted by atomic mass is 10.1. The fraction of sp³-hybridized carbons (Fsp3) is 0.400. The number of nitrogen functional groups attached to an aromatic ring is 1. The van der Waals surface area contributed by atoms with Gasteiger partial charge in [0.05, 0.1) is 11.9 Å². The van der Waals surface area contributed by atoms with Gasteiger partial charge < -0.3 is 15.5 Å². The van der Waals surface area contributed by atoms with Crippen LogP contribution in [0.5, 0.6) is 0 Å². The van der Waals surface area contributed by atoms with E-state index in [4.69, 9.17) is 13.6 Å². The Hall–Kier alpha value is -1.72. The number of hydrogen-bond acceptors (Lipinski definition) is 4. The summed E-state index contributed by atoms with van der Waals surface area (Å²) in [6, 6.07) is 3.71. The predicted molar refractivity (Wildman–Crippen MR) is 63.6 cm³/mol. The van der Waals surface area contributed by atoms with Gasteiger partial charge in [0.1, 0.15) is 5.82 Å². The summed E-state index contributed by atoms with van der Waals surface area (Å²) in [5.41, 5.74) is 6.55. The molecular formula is C10H13BN4O. The summed E-state index contributed by atoms with van der Waals surface area (Å²) in [4.78, 5) is 18.8. The molecule has 2 N–H and O–H groups in total. The van der Waals surface area contributed by atoms with Crippen LogP contribution >= 0.6 is 0 Å². The maximum Gasteiger partial charge on any atom is 0.200 e. The van der Waals surface area contributed by atoms with Gasteiger partial charge in [-0.15, -0.1) is 0 Å². The minimum absolute atomic E-state index is 0.352. The number of rotatable bonds is 1. The van der Waals surface area contributed by atoms with Crippen LogP contribution in [-0.2, 0) is 0 Å². The largest absolute Gasteiger partial charge is 0.384 e. The molecule has 0 bridgehead atoms. The summed E-state index contributed by atoms with van der Waals surface area (Å²) in [6.07, 6.45) is 1.75. The van der Waals surface area contributed by atoms with Gasteiger partial charge in [-0.1, -0.05) is 0 Å². The molecule has 2 rings (SSSR count). The van der Waals surface area contributed by atoms with E-state index in [1.165, 1.54) is 0 Å². The van der Waals surface area contributed by atoms with Gasteiger partial charge in [0.25, 0.3) is 0 Å². The number of piperazine rings is 1. The zero-order valence-corrected chi connectivity index (χ0v) is 8.97. The van der Waals surface area contributed by atoms with E-state index in [2.05, 4.69) is 9.88 Å². The van der Waals surface area contributed by atoms with Crippen LogP contribution in [0.25, 0.3) is 0 Å². The Morgan fingerprint density at radius 2 is 2.00 bits per heavy atom. The van der Waals surface area contributed by atoms with E-state index >= 15 is 0 Å². The van der Waals surface area contributed by atoms with Crippen molar-refractivity contribution < 1.29 is 4.79 Å². The van der Waals surface area contributed by atoms with E-state index in [0.29, 0.717) is 18.9 Å². The molecule has 0 saturated carbocycles. The highest BCUT2D eigenvalue weighted by molar-refractivity contribution is 6.56. The second-order valence-electron chi connectivity index (χ2n) is 3.75. The molecule has 2 radical (unpaired) electrons.